The van der Waals surface area contributed by atoms with Crippen LogP contribution >= 0.6 is 0 Å². The number of anilines is 1. The first-order valence-corrected chi connectivity index (χ1v) is 8.04. The van der Waals surface area contributed by atoms with Crippen molar-refractivity contribution in [1.29, 1.82) is 0 Å². The largest absolute Gasteiger partial charge is 0.372 e. The van der Waals surface area contributed by atoms with Crippen LogP contribution in [-0.4, -0.2) is 11.0 Å². The molecule has 3 aromatic carbocycles. The molecule has 1 aliphatic rings. The van der Waals surface area contributed by atoms with Crippen molar-refractivity contribution >= 4 is 11.6 Å². The summed E-state index contributed by atoms with van der Waals surface area (Å²) in [4.78, 5) is 14.7. The molecule has 3 aromatic rings. The minimum atomic E-state index is -1.88. The van der Waals surface area contributed by atoms with Crippen LogP contribution in [-0.2, 0) is 16.9 Å². The standard InChI is InChI=1S/C21H16FNO2/c22-17-10-6-9-16(13-17)21(25)18-11-4-5-12-19(18)23(20(21)24)14-15-7-2-1-3-8-15/h1-13,25H,14H2/t21-/m0/s1. The summed E-state index contributed by atoms with van der Waals surface area (Å²) in [5.74, 6) is -0.958. The van der Waals surface area contributed by atoms with Gasteiger partial charge in [0, 0.05) is 11.1 Å². The van der Waals surface area contributed by atoms with Crippen molar-refractivity contribution in [2.45, 2.75) is 12.1 Å². The monoisotopic (exact) mass is 333 g/mol. The summed E-state index contributed by atoms with van der Waals surface area (Å²) < 4.78 is 13.7. The molecule has 1 atom stereocenters. The van der Waals surface area contributed by atoms with Crippen LogP contribution in [0, 0.1) is 5.82 Å². The quantitative estimate of drug-likeness (QED) is 0.795. The number of fused-ring (bicyclic) bond motifs is 1. The van der Waals surface area contributed by atoms with E-state index in [9.17, 15) is 14.3 Å². The maximum absolute atomic E-state index is 13.7. The van der Waals surface area contributed by atoms with Crippen molar-refractivity contribution in [3.63, 3.8) is 0 Å². The summed E-state index contributed by atoms with van der Waals surface area (Å²) in [6.45, 7) is 0.342. The van der Waals surface area contributed by atoms with Crippen LogP contribution in [0.4, 0.5) is 10.1 Å². The zero-order valence-electron chi connectivity index (χ0n) is 13.4. The minimum Gasteiger partial charge on any atom is -0.372 e. The summed E-state index contributed by atoms with van der Waals surface area (Å²) in [7, 11) is 0. The summed E-state index contributed by atoms with van der Waals surface area (Å²) in [6.07, 6.45) is 0. The van der Waals surface area contributed by atoms with Crippen molar-refractivity contribution in [2.75, 3.05) is 4.90 Å². The Balaban J connectivity index is 1.84. The van der Waals surface area contributed by atoms with E-state index in [1.807, 2.05) is 36.4 Å². The highest BCUT2D eigenvalue weighted by atomic mass is 19.1. The lowest BCUT2D eigenvalue weighted by atomic mass is 9.87. The summed E-state index contributed by atoms with van der Waals surface area (Å²) in [5, 5.41) is 11.3. The molecule has 0 saturated carbocycles. The number of hydrogen-bond acceptors (Lipinski definition) is 2. The first-order chi connectivity index (χ1) is 12.1. The third-order valence-electron chi connectivity index (χ3n) is 4.57. The second kappa shape index (κ2) is 5.83. The lowest BCUT2D eigenvalue weighted by molar-refractivity contribution is -0.132. The van der Waals surface area contributed by atoms with Crippen LogP contribution in [0.2, 0.25) is 0 Å². The SMILES string of the molecule is O=C1N(Cc2ccccc2)c2ccccc2[C@@]1(O)c1cccc(F)c1. The van der Waals surface area contributed by atoms with Crippen molar-refractivity contribution in [3.8, 4) is 0 Å². The van der Waals surface area contributed by atoms with Crippen LogP contribution in [0.3, 0.4) is 0 Å². The number of benzene rings is 3. The molecule has 0 aromatic heterocycles. The molecule has 0 radical (unpaired) electrons. The fraction of sp³-hybridized carbons (Fsp3) is 0.0952. The molecule has 0 fully saturated rings. The smallest absolute Gasteiger partial charge is 0.268 e. The zero-order valence-corrected chi connectivity index (χ0v) is 13.4. The van der Waals surface area contributed by atoms with Crippen molar-refractivity contribution in [3.05, 3.63) is 101 Å². The van der Waals surface area contributed by atoms with E-state index in [1.54, 1.807) is 29.2 Å². The number of rotatable bonds is 3. The number of amides is 1. The molecular weight excluding hydrogens is 317 g/mol. The number of carbonyl (C=O) groups excluding carboxylic acids is 1. The number of aliphatic hydroxyl groups is 1. The molecule has 0 bridgehead atoms. The van der Waals surface area contributed by atoms with Gasteiger partial charge in [-0.3, -0.25) is 4.79 Å². The average molecular weight is 333 g/mol. The molecule has 0 spiro atoms. The molecule has 1 heterocycles. The van der Waals surface area contributed by atoms with Gasteiger partial charge in [-0.1, -0.05) is 60.7 Å². The van der Waals surface area contributed by atoms with Crippen LogP contribution in [0.1, 0.15) is 16.7 Å². The topological polar surface area (TPSA) is 40.5 Å². The van der Waals surface area contributed by atoms with Crippen molar-refractivity contribution in [2.24, 2.45) is 0 Å². The maximum atomic E-state index is 13.7. The highest BCUT2D eigenvalue weighted by Gasteiger charge is 2.50. The van der Waals surface area contributed by atoms with E-state index >= 15 is 0 Å². The number of para-hydroxylation sites is 1. The second-order valence-electron chi connectivity index (χ2n) is 6.11. The second-order valence-corrected chi connectivity index (χ2v) is 6.11. The van der Waals surface area contributed by atoms with Crippen molar-refractivity contribution < 1.29 is 14.3 Å². The van der Waals surface area contributed by atoms with E-state index < -0.39 is 17.3 Å². The Kier molecular flexibility index (Phi) is 3.62. The third-order valence-corrected chi connectivity index (χ3v) is 4.57. The van der Waals surface area contributed by atoms with E-state index in [0.717, 1.165) is 5.56 Å². The van der Waals surface area contributed by atoms with E-state index in [2.05, 4.69) is 0 Å². The Morgan fingerprint density at radius 2 is 1.64 bits per heavy atom. The molecule has 124 valence electrons. The molecule has 0 saturated heterocycles. The van der Waals surface area contributed by atoms with Gasteiger partial charge in [0.25, 0.3) is 5.91 Å². The number of nitrogens with zero attached hydrogens (tertiary/aromatic N) is 1. The molecule has 4 rings (SSSR count). The van der Waals surface area contributed by atoms with Crippen LogP contribution in [0.5, 0.6) is 0 Å². The first-order valence-electron chi connectivity index (χ1n) is 8.04. The first kappa shape index (κ1) is 15.5. The Hall–Kier alpha value is -2.98. The fourth-order valence-corrected chi connectivity index (χ4v) is 3.35. The molecule has 1 N–H and O–H groups in total. The van der Waals surface area contributed by atoms with Crippen LogP contribution in [0.15, 0.2) is 78.9 Å². The van der Waals surface area contributed by atoms with Gasteiger partial charge in [-0.05, 0) is 23.8 Å². The summed E-state index contributed by atoms with van der Waals surface area (Å²) in [6, 6.07) is 22.2. The zero-order chi connectivity index (χ0) is 17.4. The molecule has 3 nitrogen and oxygen atoms in total. The van der Waals surface area contributed by atoms with Gasteiger partial charge in [-0.15, -0.1) is 0 Å². The Morgan fingerprint density at radius 1 is 0.920 bits per heavy atom. The normalized spacial score (nSPS) is 19.1. The predicted octanol–water partition coefficient (Wildman–Crippen LogP) is 3.61. The van der Waals surface area contributed by atoms with Crippen LogP contribution < -0.4 is 4.90 Å². The fourth-order valence-electron chi connectivity index (χ4n) is 3.35. The predicted molar refractivity (Wildman–Crippen MR) is 93.5 cm³/mol. The Bertz CT molecular complexity index is 941. The molecule has 1 amide bonds. The van der Waals surface area contributed by atoms with Crippen molar-refractivity contribution in [1.82, 2.24) is 0 Å². The molecule has 0 aliphatic carbocycles. The highest BCUT2D eigenvalue weighted by molar-refractivity contribution is 6.09. The summed E-state index contributed by atoms with van der Waals surface area (Å²) >= 11 is 0. The van der Waals surface area contributed by atoms with E-state index in [1.165, 1.54) is 18.2 Å². The molecule has 25 heavy (non-hydrogen) atoms. The van der Waals surface area contributed by atoms with Gasteiger partial charge in [0.2, 0.25) is 0 Å². The van der Waals surface area contributed by atoms with Gasteiger partial charge in [0.15, 0.2) is 5.60 Å². The highest BCUT2D eigenvalue weighted by Crippen LogP contribution is 2.44. The number of halogens is 1. The Morgan fingerprint density at radius 3 is 2.40 bits per heavy atom. The molecular formula is C21H16FNO2. The van der Waals surface area contributed by atoms with Crippen LogP contribution in [0.25, 0.3) is 0 Å². The van der Waals surface area contributed by atoms with E-state index in [-0.39, 0.29) is 5.56 Å². The van der Waals surface area contributed by atoms with Gasteiger partial charge in [0.1, 0.15) is 5.82 Å². The molecule has 0 unspecified atom stereocenters. The minimum absolute atomic E-state index is 0.237. The maximum Gasteiger partial charge on any atom is 0.268 e. The van der Waals surface area contributed by atoms with Gasteiger partial charge < -0.3 is 10.0 Å². The molecule has 4 heteroatoms. The van der Waals surface area contributed by atoms with Gasteiger partial charge in [0.05, 0.1) is 12.2 Å². The van der Waals surface area contributed by atoms with Gasteiger partial charge >= 0.3 is 0 Å². The number of carbonyl (C=O) groups is 1. The van der Waals surface area contributed by atoms with E-state index in [0.29, 0.717) is 17.8 Å². The number of hydrogen-bond donors (Lipinski definition) is 1. The van der Waals surface area contributed by atoms with Gasteiger partial charge in [-0.25, -0.2) is 4.39 Å². The lowest BCUT2D eigenvalue weighted by Crippen LogP contribution is -2.40. The molecule has 1 aliphatic heterocycles. The summed E-state index contributed by atoms with van der Waals surface area (Å²) in [5.41, 5.74) is 0.423. The van der Waals surface area contributed by atoms with Gasteiger partial charge in [-0.2, -0.15) is 0 Å². The average Bonchev–Trinajstić information content (AvgIpc) is 2.86. The van der Waals surface area contributed by atoms with E-state index in [4.69, 9.17) is 0 Å². The third kappa shape index (κ3) is 2.42. The Labute approximate surface area is 145 Å². The lowest BCUT2D eigenvalue weighted by Gasteiger charge is -2.24.